The molecule has 0 aliphatic rings. The number of halogens is 11. The Morgan fingerprint density at radius 2 is 1.23 bits per heavy atom. The van der Waals surface area contributed by atoms with Gasteiger partial charge in [0.2, 0.25) is 0 Å². The molecule has 4 nitrogen and oxygen atoms in total. The molecule has 150 valence electrons. The van der Waals surface area contributed by atoms with Gasteiger partial charge in [0, 0.05) is 37.9 Å². The lowest BCUT2D eigenvalue weighted by atomic mass is 10.3. The van der Waals surface area contributed by atoms with E-state index in [9.17, 15) is 47.4 Å². The van der Waals surface area contributed by atoms with Crippen LogP contribution >= 0.6 is 31.9 Å². The lowest BCUT2D eigenvalue weighted by molar-refractivity contribution is -0.269. The van der Waals surface area contributed by atoms with Gasteiger partial charge in [-0.15, -0.1) is 3.89 Å². The molecule has 0 aromatic heterocycles. The Morgan fingerprint density at radius 1 is 0.808 bits per heavy atom. The van der Waals surface area contributed by atoms with Crippen LogP contribution < -0.4 is 9.47 Å². The summed E-state index contributed by atoms with van der Waals surface area (Å²) in [4.78, 5) is -11.8. The predicted molar refractivity (Wildman–Crippen MR) is 73.6 cm³/mol. The highest BCUT2D eigenvalue weighted by atomic mass is 79.9. The highest BCUT2D eigenvalue weighted by molar-refractivity contribution is 9.10. The lowest BCUT2D eigenvalue weighted by Crippen LogP contribution is -2.41. The summed E-state index contributed by atoms with van der Waals surface area (Å²) in [5.74, 6) is -3.33. The fraction of sp³-hybridized carbons (Fsp3) is 0.400. The Hall–Kier alpha value is -0.900. The first-order valence-corrected chi connectivity index (χ1v) is 8.61. The van der Waals surface area contributed by atoms with Crippen molar-refractivity contribution >= 4 is 42.1 Å². The molecular formula is C10H3Br2F9O4S. The van der Waals surface area contributed by atoms with Crippen molar-refractivity contribution in [2.24, 2.45) is 0 Å². The van der Waals surface area contributed by atoms with Crippen LogP contribution in [0.2, 0.25) is 0 Å². The molecule has 0 spiro atoms. The standard InChI is InChI=1S/C10H3Br2F9O4S/c11-7(13,14)9(17,18)24-4-1-2-6(26(21,22)23)5(3-4)25-10(19,20)8(12,15)16/h1-3H. The predicted octanol–water partition coefficient (Wildman–Crippen LogP) is 5.26. The fourth-order valence-corrected chi connectivity index (χ4v) is 1.97. The molecule has 0 bridgehead atoms. The van der Waals surface area contributed by atoms with Crippen molar-refractivity contribution in [1.82, 2.24) is 0 Å². The van der Waals surface area contributed by atoms with Crippen molar-refractivity contribution in [1.29, 1.82) is 0 Å². The SMILES string of the molecule is O=S(=O)(F)c1ccc(OC(F)(F)C(F)(F)Br)cc1OC(F)(F)C(F)(F)Br. The summed E-state index contributed by atoms with van der Waals surface area (Å²) in [5, 5.41) is 0. The van der Waals surface area contributed by atoms with E-state index in [-0.39, 0.29) is 18.2 Å². The fourth-order valence-electron chi connectivity index (χ4n) is 1.23. The van der Waals surface area contributed by atoms with Crippen molar-refractivity contribution in [3.8, 4) is 11.5 Å². The second kappa shape index (κ2) is 6.92. The number of hydrogen-bond donors (Lipinski definition) is 0. The molecule has 0 fully saturated rings. The van der Waals surface area contributed by atoms with E-state index in [1.807, 2.05) is 0 Å². The third kappa shape index (κ3) is 5.31. The maximum absolute atomic E-state index is 13.2. The molecule has 26 heavy (non-hydrogen) atoms. The molecule has 0 unspecified atom stereocenters. The first-order chi connectivity index (χ1) is 11.3. The quantitative estimate of drug-likeness (QED) is 0.264. The third-order valence-electron chi connectivity index (χ3n) is 2.32. The smallest absolute Gasteiger partial charge is 0.427 e. The molecule has 0 aliphatic heterocycles. The van der Waals surface area contributed by atoms with Crippen LogP contribution in [0.15, 0.2) is 23.1 Å². The zero-order valence-electron chi connectivity index (χ0n) is 11.4. The molecule has 0 amide bonds. The van der Waals surface area contributed by atoms with Gasteiger partial charge in [0.15, 0.2) is 5.75 Å². The highest BCUT2D eigenvalue weighted by Crippen LogP contribution is 2.45. The van der Waals surface area contributed by atoms with Gasteiger partial charge in [-0.05, 0) is 12.1 Å². The van der Waals surface area contributed by atoms with Gasteiger partial charge < -0.3 is 9.47 Å². The molecule has 0 aliphatic carbocycles. The van der Waals surface area contributed by atoms with Crippen LogP contribution in [0.1, 0.15) is 0 Å². The van der Waals surface area contributed by atoms with Crippen molar-refractivity contribution < 1.29 is 56.9 Å². The zero-order valence-corrected chi connectivity index (χ0v) is 15.4. The minimum Gasteiger partial charge on any atom is -0.427 e. The second-order valence-electron chi connectivity index (χ2n) is 4.28. The second-order valence-corrected chi connectivity index (χ2v) is 7.59. The largest absolute Gasteiger partial charge is 0.475 e. The Morgan fingerprint density at radius 3 is 1.62 bits per heavy atom. The van der Waals surface area contributed by atoms with Crippen LogP contribution in [0.5, 0.6) is 11.5 Å². The van der Waals surface area contributed by atoms with Gasteiger partial charge >= 0.3 is 32.1 Å². The minimum atomic E-state index is -5.86. The van der Waals surface area contributed by atoms with Crippen molar-refractivity contribution in [3.63, 3.8) is 0 Å². The average Bonchev–Trinajstić information content (AvgIpc) is 2.33. The molecule has 1 rings (SSSR count). The van der Waals surface area contributed by atoms with Crippen LogP contribution in [0.3, 0.4) is 0 Å². The first-order valence-electron chi connectivity index (χ1n) is 5.64. The van der Waals surface area contributed by atoms with Gasteiger partial charge in [0.25, 0.3) is 0 Å². The van der Waals surface area contributed by atoms with E-state index in [4.69, 9.17) is 0 Å². The van der Waals surface area contributed by atoms with Gasteiger partial charge in [-0.1, -0.05) is 0 Å². The normalized spacial score (nSPS) is 14.3. The Balaban J connectivity index is 3.42. The van der Waals surface area contributed by atoms with Crippen LogP contribution in [0, 0.1) is 0 Å². The molecule has 0 saturated heterocycles. The number of ether oxygens (including phenoxy) is 2. The monoisotopic (exact) mass is 548 g/mol. The van der Waals surface area contributed by atoms with E-state index < -0.39 is 48.5 Å². The van der Waals surface area contributed by atoms with Gasteiger partial charge in [-0.2, -0.15) is 43.5 Å². The van der Waals surface area contributed by atoms with Crippen LogP contribution in [0.25, 0.3) is 0 Å². The number of alkyl halides is 10. The first kappa shape index (κ1) is 23.1. The van der Waals surface area contributed by atoms with Gasteiger partial charge in [0.1, 0.15) is 10.6 Å². The summed E-state index contributed by atoms with van der Waals surface area (Å²) in [7, 11) is -5.86. The molecule has 0 atom stereocenters. The zero-order chi connectivity index (χ0) is 20.8. The van der Waals surface area contributed by atoms with Crippen molar-refractivity contribution in [2.75, 3.05) is 0 Å². The lowest BCUT2D eigenvalue weighted by Gasteiger charge is -2.24. The van der Waals surface area contributed by atoms with Gasteiger partial charge in [-0.3, -0.25) is 0 Å². The topological polar surface area (TPSA) is 52.6 Å². The number of benzene rings is 1. The van der Waals surface area contributed by atoms with E-state index in [1.165, 1.54) is 31.9 Å². The molecule has 0 N–H and O–H groups in total. The van der Waals surface area contributed by atoms with E-state index in [2.05, 4.69) is 9.47 Å². The maximum Gasteiger partial charge on any atom is 0.475 e. The molecule has 0 heterocycles. The van der Waals surface area contributed by atoms with Crippen LogP contribution in [0.4, 0.5) is 39.0 Å². The molecule has 0 saturated carbocycles. The van der Waals surface area contributed by atoms with Crippen LogP contribution in [-0.4, -0.2) is 30.3 Å². The Bertz CT molecular complexity index is 774. The Kier molecular flexibility index (Phi) is 6.16. The Labute approximate surface area is 155 Å². The molecule has 1 aromatic rings. The summed E-state index contributed by atoms with van der Waals surface area (Å²) in [6.07, 6.45) is -10.8. The molecule has 0 radical (unpaired) electrons. The highest BCUT2D eigenvalue weighted by Gasteiger charge is 2.59. The summed E-state index contributed by atoms with van der Waals surface area (Å²) < 4.78 is 145. The van der Waals surface area contributed by atoms with Crippen LogP contribution in [-0.2, 0) is 10.2 Å². The molecule has 16 heteroatoms. The summed E-state index contributed by atoms with van der Waals surface area (Å²) in [6.45, 7) is 0. The van der Waals surface area contributed by atoms with E-state index in [1.54, 1.807) is 0 Å². The van der Waals surface area contributed by atoms with Gasteiger partial charge in [0.05, 0.1) is 0 Å². The van der Waals surface area contributed by atoms with Crippen molar-refractivity contribution in [2.45, 2.75) is 26.8 Å². The molecular weight excluding hydrogens is 547 g/mol. The average molecular weight is 550 g/mol. The molecule has 1 aromatic carbocycles. The number of rotatable bonds is 7. The minimum absolute atomic E-state index is 0.00487. The summed E-state index contributed by atoms with van der Waals surface area (Å²) >= 11 is 2.49. The number of hydrogen-bond acceptors (Lipinski definition) is 4. The summed E-state index contributed by atoms with van der Waals surface area (Å²) in [6, 6.07) is -0.0347. The summed E-state index contributed by atoms with van der Waals surface area (Å²) in [5.41, 5.74) is 0. The third-order valence-corrected chi connectivity index (χ3v) is 4.11. The van der Waals surface area contributed by atoms with E-state index >= 15 is 0 Å². The van der Waals surface area contributed by atoms with E-state index in [0.717, 1.165) is 0 Å². The van der Waals surface area contributed by atoms with Crippen molar-refractivity contribution in [3.05, 3.63) is 18.2 Å². The maximum atomic E-state index is 13.2. The van der Waals surface area contributed by atoms with Gasteiger partial charge in [-0.25, -0.2) is 0 Å². The van der Waals surface area contributed by atoms with E-state index in [0.29, 0.717) is 0 Å².